The molecule has 0 saturated heterocycles. The first-order valence-electron chi connectivity index (χ1n) is 6.47. The number of hydrogen-bond donors (Lipinski definition) is 0. The number of rotatable bonds is 5. The van der Waals surface area contributed by atoms with Crippen LogP contribution in [0.2, 0.25) is 0 Å². The zero-order chi connectivity index (χ0) is 12.2. The maximum atomic E-state index is 11.9. The Morgan fingerprint density at radius 1 is 1.12 bits per heavy atom. The Bertz CT molecular complexity index is 292. The Kier molecular flexibility index (Phi) is 5.25. The summed E-state index contributed by atoms with van der Waals surface area (Å²) in [4.78, 5) is 0. The average Bonchev–Trinajstić information content (AvgIpc) is 2.28. The second-order valence-electron chi connectivity index (χ2n) is 4.92. The molecule has 1 fully saturated rings. The molecule has 1 aliphatic rings. The van der Waals surface area contributed by atoms with Crippen molar-refractivity contribution in [3.63, 3.8) is 0 Å². The highest BCUT2D eigenvalue weighted by Gasteiger charge is 2.29. The number of sulfonamides is 1. The topological polar surface area (TPSA) is 37.4 Å². The molecule has 0 radical (unpaired) electrons. The van der Waals surface area contributed by atoms with Crippen molar-refractivity contribution in [2.75, 3.05) is 12.8 Å². The van der Waals surface area contributed by atoms with Crippen LogP contribution >= 0.6 is 0 Å². The summed E-state index contributed by atoms with van der Waals surface area (Å²) in [5, 5.41) is 0. The third-order valence-corrected chi connectivity index (χ3v) is 5.91. The summed E-state index contributed by atoms with van der Waals surface area (Å²) in [6.07, 6.45) is 6.39. The van der Waals surface area contributed by atoms with Gasteiger partial charge in [-0.3, -0.25) is 0 Å². The van der Waals surface area contributed by atoms with Gasteiger partial charge < -0.3 is 0 Å². The van der Waals surface area contributed by atoms with E-state index in [2.05, 4.69) is 6.92 Å². The van der Waals surface area contributed by atoms with Crippen LogP contribution in [0.4, 0.5) is 0 Å². The van der Waals surface area contributed by atoms with E-state index in [1.54, 1.807) is 11.4 Å². The number of nitrogens with zero attached hydrogens (tertiary/aromatic N) is 1. The van der Waals surface area contributed by atoms with Gasteiger partial charge in [-0.2, -0.15) is 0 Å². The first-order chi connectivity index (χ1) is 7.51. The summed E-state index contributed by atoms with van der Waals surface area (Å²) in [6.45, 7) is 4.14. The molecule has 1 rings (SSSR count). The van der Waals surface area contributed by atoms with Gasteiger partial charge in [0.25, 0.3) is 0 Å². The van der Waals surface area contributed by atoms with Crippen LogP contribution in [0.25, 0.3) is 0 Å². The van der Waals surface area contributed by atoms with Crippen LogP contribution in [0, 0.1) is 5.92 Å². The smallest absolute Gasteiger partial charge is 0.212 e. The quantitative estimate of drug-likeness (QED) is 0.749. The van der Waals surface area contributed by atoms with E-state index in [4.69, 9.17) is 0 Å². The van der Waals surface area contributed by atoms with Crippen molar-refractivity contribution < 1.29 is 8.42 Å². The van der Waals surface area contributed by atoms with Crippen LogP contribution in [0.5, 0.6) is 0 Å². The summed E-state index contributed by atoms with van der Waals surface area (Å²) in [7, 11) is -1.25. The van der Waals surface area contributed by atoms with E-state index in [-0.39, 0.29) is 11.8 Å². The van der Waals surface area contributed by atoms with Crippen molar-refractivity contribution in [3.05, 3.63) is 0 Å². The van der Waals surface area contributed by atoms with Crippen LogP contribution in [0.3, 0.4) is 0 Å². The van der Waals surface area contributed by atoms with Crippen molar-refractivity contribution in [3.8, 4) is 0 Å². The Morgan fingerprint density at radius 2 is 1.69 bits per heavy atom. The second-order valence-corrected chi connectivity index (χ2v) is 7.06. The lowest BCUT2D eigenvalue weighted by molar-refractivity contribution is 0.233. The second kappa shape index (κ2) is 6.01. The van der Waals surface area contributed by atoms with E-state index >= 15 is 0 Å². The fourth-order valence-corrected chi connectivity index (χ4v) is 4.01. The molecular weight excluding hydrogens is 222 g/mol. The maximum Gasteiger partial charge on any atom is 0.214 e. The lowest BCUT2D eigenvalue weighted by atomic mass is 9.85. The minimum Gasteiger partial charge on any atom is -0.212 e. The van der Waals surface area contributed by atoms with Gasteiger partial charge in [-0.25, -0.2) is 12.7 Å². The molecule has 0 unspecified atom stereocenters. The predicted octanol–water partition coefficient (Wildman–Crippen LogP) is 2.63. The summed E-state index contributed by atoms with van der Waals surface area (Å²) in [5.74, 6) is 1.11. The van der Waals surface area contributed by atoms with E-state index in [0.29, 0.717) is 6.42 Å². The molecule has 0 aromatic carbocycles. The third kappa shape index (κ3) is 3.45. The Morgan fingerprint density at radius 3 is 2.12 bits per heavy atom. The lowest BCUT2D eigenvalue weighted by Gasteiger charge is -2.33. The lowest BCUT2D eigenvalue weighted by Crippen LogP contribution is -2.40. The van der Waals surface area contributed by atoms with Crippen LogP contribution in [0.1, 0.15) is 52.4 Å². The molecule has 96 valence electrons. The monoisotopic (exact) mass is 247 g/mol. The predicted molar refractivity (Wildman–Crippen MR) is 67.9 cm³/mol. The van der Waals surface area contributed by atoms with Gasteiger partial charge in [0, 0.05) is 13.1 Å². The van der Waals surface area contributed by atoms with Crippen LogP contribution in [-0.4, -0.2) is 31.6 Å². The molecule has 1 saturated carbocycles. The SMILES string of the molecule is CCCS(=O)(=O)N(C)C1CCC(CC)CC1. The summed E-state index contributed by atoms with van der Waals surface area (Å²) < 4.78 is 25.4. The molecular formula is C12H25NO2S. The summed E-state index contributed by atoms with van der Waals surface area (Å²) in [6, 6.07) is 0.249. The molecule has 0 spiro atoms. The standard InChI is InChI=1S/C12H25NO2S/c1-4-10-16(14,15)13(3)12-8-6-11(5-2)7-9-12/h11-12H,4-10H2,1-3H3. The van der Waals surface area contributed by atoms with Crippen LogP contribution in [0.15, 0.2) is 0 Å². The van der Waals surface area contributed by atoms with Gasteiger partial charge in [0.15, 0.2) is 0 Å². The Balaban J connectivity index is 2.53. The molecule has 0 amide bonds. The van der Waals surface area contributed by atoms with Crippen molar-refractivity contribution in [2.24, 2.45) is 5.92 Å². The van der Waals surface area contributed by atoms with Crippen molar-refractivity contribution in [1.29, 1.82) is 0 Å². The van der Waals surface area contributed by atoms with E-state index < -0.39 is 10.0 Å². The zero-order valence-corrected chi connectivity index (χ0v) is 11.6. The molecule has 0 heterocycles. The molecule has 0 atom stereocenters. The number of hydrogen-bond acceptors (Lipinski definition) is 2. The van der Waals surface area contributed by atoms with Crippen molar-refractivity contribution in [1.82, 2.24) is 4.31 Å². The minimum atomic E-state index is -3.00. The van der Waals surface area contributed by atoms with Crippen molar-refractivity contribution in [2.45, 2.75) is 58.4 Å². The molecule has 1 aliphatic carbocycles. The fourth-order valence-electron chi connectivity index (χ4n) is 2.55. The molecule has 0 aromatic heterocycles. The summed E-state index contributed by atoms with van der Waals surface area (Å²) >= 11 is 0. The van der Waals surface area contributed by atoms with Crippen LogP contribution in [-0.2, 0) is 10.0 Å². The van der Waals surface area contributed by atoms with Gasteiger partial charge in [-0.05, 0) is 38.0 Å². The van der Waals surface area contributed by atoms with E-state index in [1.165, 1.54) is 19.3 Å². The maximum absolute atomic E-state index is 11.9. The average molecular weight is 247 g/mol. The fraction of sp³-hybridized carbons (Fsp3) is 1.00. The molecule has 0 bridgehead atoms. The molecule has 0 aliphatic heterocycles. The van der Waals surface area contributed by atoms with Gasteiger partial charge >= 0.3 is 0 Å². The normalized spacial score (nSPS) is 27.2. The van der Waals surface area contributed by atoms with E-state index in [1.807, 2.05) is 6.92 Å². The van der Waals surface area contributed by atoms with E-state index in [0.717, 1.165) is 18.8 Å². The van der Waals surface area contributed by atoms with Gasteiger partial charge in [-0.15, -0.1) is 0 Å². The minimum absolute atomic E-state index is 0.249. The first kappa shape index (κ1) is 14.0. The molecule has 0 aromatic rings. The Labute approximate surface area is 100 Å². The zero-order valence-electron chi connectivity index (χ0n) is 10.8. The van der Waals surface area contributed by atoms with E-state index in [9.17, 15) is 8.42 Å². The first-order valence-corrected chi connectivity index (χ1v) is 8.07. The Hall–Kier alpha value is -0.0900. The largest absolute Gasteiger partial charge is 0.214 e. The summed E-state index contributed by atoms with van der Waals surface area (Å²) in [5.41, 5.74) is 0. The van der Waals surface area contributed by atoms with Gasteiger partial charge in [-0.1, -0.05) is 20.3 Å². The molecule has 3 nitrogen and oxygen atoms in total. The van der Waals surface area contributed by atoms with Crippen molar-refractivity contribution >= 4 is 10.0 Å². The molecule has 16 heavy (non-hydrogen) atoms. The highest BCUT2D eigenvalue weighted by atomic mass is 32.2. The highest BCUT2D eigenvalue weighted by Crippen LogP contribution is 2.30. The van der Waals surface area contributed by atoms with Crippen LogP contribution < -0.4 is 0 Å². The van der Waals surface area contributed by atoms with Gasteiger partial charge in [0.05, 0.1) is 5.75 Å². The van der Waals surface area contributed by atoms with Gasteiger partial charge in [0.2, 0.25) is 10.0 Å². The third-order valence-electron chi connectivity index (χ3n) is 3.81. The highest BCUT2D eigenvalue weighted by molar-refractivity contribution is 7.89. The molecule has 4 heteroatoms. The molecule has 0 N–H and O–H groups in total. The van der Waals surface area contributed by atoms with Gasteiger partial charge in [0.1, 0.15) is 0 Å².